The molecule has 168 valence electrons. The SMILES string of the molecule is COc1ccc(-n2c(SCC(=O)N3CCCC3)nc3sc4c(c3c2=O)CCN(C)C4)cc1. The fourth-order valence-electron chi connectivity index (χ4n) is 4.39. The molecule has 0 radical (unpaired) electrons. The summed E-state index contributed by atoms with van der Waals surface area (Å²) in [6.45, 7) is 3.42. The molecule has 0 aliphatic carbocycles. The van der Waals surface area contributed by atoms with Crippen LogP contribution in [0.3, 0.4) is 0 Å². The van der Waals surface area contributed by atoms with Crippen molar-refractivity contribution in [3.63, 3.8) is 0 Å². The van der Waals surface area contributed by atoms with Crippen molar-refractivity contribution in [1.82, 2.24) is 19.4 Å². The fourth-order valence-corrected chi connectivity index (χ4v) is 6.65. The summed E-state index contributed by atoms with van der Waals surface area (Å²) >= 11 is 2.95. The minimum absolute atomic E-state index is 0.0571. The van der Waals surface area contributed by atoms with Gasteiger partial charge in [0, 0.05) is 31.1 Å². The Kier molecular flexibility index (Phi) is 5.96. The number of aromatic nitrogens is 2. The number of likely N-dealkylation sites (tertiary alicyclic amines) is 1. The Labute approximate surface area is 195 Å². The summed E-state index contributed by atoms with van der Waals surface area (Å²) in [7, 11) is 3.72. The molecule has 0 atom stereocenters. The van der Waals surface area contributed by atoms with Crippen molar-refractivity contribution in [2.24, 2.45) is 0 Å². The Morgan fingerprint density at radius 2 is 1.94 bits per heavy atom. The van der Waals surface area contributed by atoms with Crippen molar-refractivity contribution in [3.05, 3.63) is 45.1 Å². The first-order valence-corrected chi connectivity index (χ1v) is 12.7. The average molecular weight is 471 g/mol. The molecule has 2 aromatic heterocycles. The van der Waals surface area contributed by atoms with E-state index in [1.807, 2.05) is 29.2 Å². The maximum absolute atomic E-state index is 13.8. The van der Waals surface area contributed by atoms with Gasteiger partial charge in [-0.2, -0.15) is 0 Å². The summed E-state index contributed by atoms with van der Waals surface area (Å²) in [5.41, 5.74) is 1.81. The van der Waals surface area contributed by atoms with E-state index in [0.29, 0.717) is 5.16 Å². The number of rotatable bonds is 5. The monoisotopic (exact) mass is 470 g/mol. The molecule has 1 aromatic carbocycles. The van der Waals surface area contributed by atoms with Crippen LogP contribution in [0.15, 0.2) is 34.2 Å². The number of carbonyl (C=O) groups excluding carboxylic acids is 1. The maximum atomic E-state index is 13.8. The van der Waals surface area contributed by atoms with Gasteiger partial charge in [-0.25, -0.2) is 4.98 Å². The average Bonchev–Trinajstić information content (AvgIpc) is 3.45. The lowest BCUT2D eigenvalue weighted by molar-refractivity contribution is -0.127. The number of thioether (sulfide) groups is 1. The van der Waals surface area contributed by atoms with Crippen LogP contribution in [0, 0.1) is 0 Å². The second kappa shape index (κ2) is 8.88. The van der Waals surface area contributed by atoms with Crippen molar-refractivity contribution in [3.8, 4) is 11.4 Å². The largest absolute Gasteiger partial charge is 0.497 e. The van der Waals surface area contributed by atoms with Gasteiger partial charge in [0.25, 0.3) is 5.56 Å². The van der Waals surface area contributed by atoms with Gasteiger partial charge in [-0.15, -0.1) is 11.3 Å². The number of fused-ring (bicyclic) bond motifs is 3. The number of hydrogen-bond donors (Lipinski definition) is 0. The van der Waals surface area contributed by atoms with Crippen molar-refractivity contribution in [1.29, 1.82) is 0 Å². The Bertz CT molecular complexity index is 1210. The third-order valence-corrected chi connectivity index (χ3v) is 8.18. The second-order valence-electron chi connectivity index (χ2n) is 8.28. The van der Waals surface area contributed by atoms with E-state index in [1.165, 1.54) is 16.6 Å². The van der Waals surface area contributed by atoms with Crippen LogP contribution in [-0.4, -0.2) is 64.8 Å². The quantitative estimate of drug-likeness (QED) is 0.422. The van der Waals surface area contributed by atoms with Gasteiger partial charge in [0.05, 0.1) is 23.9 Å². The second-order valence-corrected chi connectivity index (χ2v) is 10.3. The number of thiophene rings is 1. The first kappa shape index (κ1) is 21.5. The van der Waals surface area contributed by atoms with Gasteiger partial charge in [-0.1, -0.05) is 11.8 Å². The fraction of sp³-hybridized carbons (Fsp3) is 0.435. The van der Waals surface area contributed by atoms with Crippen LogP contribution in [-0.2, 0) is 17.8 Å². The molecule has 4 heterocycles. The van der Waals surface area contributed by atoms with Gasteiger partial charge in [0.2, 0.25) is 5.91 Å². The zero-order valence-electron chi connectivity index (χ0n) is 18.3. The Morgan fingerprint density at radius 1 is 1.19 bits per heavy atom. The van der Waals surface area contributed by atoms with E-state index in [1.54, 1.807) is 23.0 Å². The summed E-state index contributed by atoms with van der Waals surface area (Å²) in [6, 6.07) is 7.42. The molecule has 7 nitrogen and oxygen atoms in total. The van der Waals surface area contributed by atoms with Crippen molar-refractivity contribution < 1.29 is 9.53 Å². The summed E-state index contributed by atoms with van der Waals surface area (Å²) in [6.07, 6.45) is 2.98. The highest BCUT2D eigenvalue weighted by molar-refractivity contribution is 7.99. The lowest BCUT2D eigenvalue weighted by Crippen LogP contribution is -2.30. The zero-order chi connectivity index (χ0) is 22.2. The highest BCUT2D eigenvalue weighted by atomic mass is 32.2. The van der Waals surface area contributed by atoms with Crippen LogP contribution in [0.25, 0.3) is 15.9 Å². The van der Waals surface area contributed by atoms with Crippen LogP contribution in [0.5, 0.6) is 5.75 Å². The molecule has 0 N–H and O–H groups in total. The molecule has 1 fully saturated rings. The van der Waals surface area contributed by atoms with Crippen LogP contribution < -0.4 is 10.3 Å². The first-order valence-electron chi connectivity index (χ1n) is 10.9. The molecule has 1 amide bonds. The third-order valence-electron chi connectivity index (χ3n) is 6.15. The van der Waals surface area contributed by atoms with Crippen molar-refractivity contribution in [2.45, 2.75) is 31.0 Å². The Hall–Kier alpha value is -2.36. The molecule has 32 heavy (non-hydrogen) atoms. The van der Waals surface area contributed by atoms with E-state index in [0.717, 1.165) is 72.7 Å². The minimum atomic E-state index is -0.0571. The van der Waals surface area contributed by atoms with E-state index in [2.05, 4.69) is 11.9 Å². The van der Waals surface area contributed by atoms with Gasteiger partial charge < -0.3 is 14.5 Å². The van der Waals surface area contributed by atoms with Gasteiger partial charge in [0.1, 0.15) is 10.6 Å². The highest BCUT2D eigenvalue weighted by Gasteiger charge is 2.25. The van der Waals surface area contributed by atoms with E-state index in [-0.39, 0.29) is 17.2 Å². The number of ether oxygens (including phenoxy) is 1. The summed E-state index contributed by atoms with van der Waals surface area (Å²) in [5, 5.41) is 1.29. The lowest BCUT2D eigenvalue weighted by Gasteiger charge is -2.21. The zero-order valence-corrected chi connectivity index (χ0v) is 19.9. The molecule has 1 saturated heterocycles. The minimum Gasteiger partial charge on any atom is -0.497 e. The number of amides is 1. The summed E-state index contributed by atoms with van der Waals surface area (Å²) < 4.78 is 6.94. The van der Waals surface area contributed by atoms with Gasteiger partial charge in [0.15, 0.2) is 5.16 Å². The molecule has 0 saturated carbocycles. The van der Waals surface area contributed by atoms with Crippen molar-refractivity contribution in [2.75, 3.05) is 39.5 Å². The molecular weight excluding hydrogens is 444 g/mol. The molecular formula is C23H26N4O3S2. The number of benzene rings is 1. The number of hydrogen-bond acceptors (Lipinski definition) is 7. The molecule has 2 aliphatic rings. The summed E-state index contributed by atoms with van der Waals surface area (Å²) in [5.74, 6) is 1.11. The number of likely N-dealkylation sites (N-methyl/N-ethyl adjacent to an activating group) is 1. The third kappa shape index (κ3) is 3.93. The first-order chi connectivity index (χ1) is 15.5. The van der Waals surface area contributed by atoms with Crippen LogP contribution in [0.2, 0.25) is 0 Å². The van der Waals surface area contributed by atoms with Crippen molar-refractivity contribution >= 4 is 39.2 Å². The molecule has 0 unspecified atom stereocenters. The van der Waals surface area contributed by atoms with E-state index in [9.17, 15) is 9.59 Å². The molecule has 9 heteroatoms. The smallest absolute Gasteiger partial charge is 0.267 e. The standard InChI is InChI=1S/C23H26N4O3S2/c1-25-12-9-17-18(13-25)32-21-20(17)22(29)27(15-5-7-16(30-2)8-6-15)23(24-21)31-14-19(28)26-10-3-4-11-26/h5-8H,3-4,9-14H2,1-2H3. The Morgan fingerprint density at radius 3 is 2.66 bits per heavy atom. The molecule has 5 rings (SSSR count). The van der Waals surface area contributed by atoms with Gasteiger partial charge >= 0.3 is 0 Å². The predicted molar refractivity (Wildman–Crippen MR) is 128 cm³/mol. The highest BCUT2D eigenvalue weighted by Crippen LogP contribution is 2.34. The summed E-state index contributed by atoms with van der Waals surface area (Å²) in [4.78, 5) is 37.5. The lowest BCUT2D eigenvalue weighted by atomic mass is 10.1. The normalized spacial score (nSPS) is 16.5. The molecule has 2 aliphatic heterocycles. The molecule has 0 bridgehead atoms. The number of methoxy groups -OCH3 is 1. The topological polar surface area (TPSA) is 67.7 Å². The molecule has 3 aromatic rings. The number of carbonyl (C=O) groups is 1. The van der Waals surface area contributed by atoms with Crippen LogP contribution >= 0.6 is 23.1 Å². The van der Waals surface area contributed by atoms with Gasteiger partial charge in [-0.3, -0.25) is 14.2 Å². The van der Waals surface area contributed by atoms with Crippen LogP contribution in [0.4, 0.5) is 0 Å². The Balaban J connectivity index is 1.59. The van der Waals surface area contributed by atoms with Crippen LogP contribution in [0.1, 0.15) is 23.3 Å². The molecule has 0 spiro atoms. The predicted octanol–water partition coefficient (Wildman–Crippen LogP) is 3.16. The van der Waals surface area contributed by atoms with E-state index >= 15 is 0 Å². The maximum Gasteiger partial charge on any atom is 0.267 e. The van der Waals surface area contributed by atoms with Gasteiger partial charge in [-0.05, 0) is 56.1 Å². The van der Waals surface area contributed by atoms with E-state index < -0.39 is 0 Å². The van der Waals surface area contributed by atoms with E-state index in [4.69, 9.17) is 9.72 Å². The number of nitrogens with zero attached hydrogens (tertiary/aromatic N) is 4.